The quantitative estimate of drug-likeness (QED) is 0.583. The Labute approximate surface area is 183 Å². The number of halogens is 4. The summed E-state index contributed by atoms with van der Waals surface area (Å²) in [6, 6.07) is 9.62. The predicted octanol–water partition coefficient (Wildman–Crippen LogP) is 4.31. The lowest BCUT2D eigenvalue weighted by Gasteiger charge is -2.15. The molecule has 4 rings (SSSR count). The van der Waals surface area contributed by atoms with Gasteiger partial charge in [-0.2, -0.15) is 18.3 Å². The molecule has 0 spiro atoms. The first-order valence-electron chi connectivity index (χ1n) is 9.01. The number of nitrogens with one attached hydrogen (secondary N) is 2. The van der Waals surface area contributed by atoms with Crippen LogP contribution in [0.1, 0.15) is 20.9 Å². The van der Waals surface area contributed by atoms with Crippen molar-refractivity contribution in [2.45, 2.75) is 12.7 Å². The second kappa shape index (κ2) is 8.23. The molecule has 0 bridgehead atoms. The highest BCUT2D eigenvalue weighted by Crippen LogP contribution is 2.32. The summed E-state index contributed by atoms with van der Waals surface area (Å²) in [5.41, 5.74) is -0.141. The summed E-state index contributed by atoms with van der Waals surface area (Å²) in [5.74, 6) is -0.516. The average Bonchev–Trinajstić information content (AvgIpc) is 3.45. The zero-order valence-electron chi connectivity index (χ0n) is 15.7. The van der Waals surface area contributed by atoms with E-state index in [-0.39, 0.29) is 18.1 Å². The number of aromatic nitrogens is 2. The maximum atomic E-state index is 13.5. The lowest BCUT2D eigenvalue weighted by Crippen LogP contribution is -2.23. The first-order chi connectivity index (χ1) is 14.7. The van der Waals surface area contributed by atoms with Gasteiger partial charge in [-0.05, 0) is 36.4 Å². The highest BCUT2D eigenvalue weighted by atomic mass is 35.5. The van der Waals surface area contributed by atoms with Gasteiger partial charge in [0.2, 0.25) is 0 Å². The van der Waals surface area contributed by atoms with E-state index in [0.717, 1.165) is 16.0 Å². The molecule has 3 heterocycles. The molecule has 1 aromatic carbocycles. The number of ether oxygens (including phenoxy) is 1. The Kier molecular flexibility index (Phi) is 5.63. The number of alkyl halides is 3. The van der Waals surface area contributed by atoms with Crippen LogP contribution in [0.15, 0.2) is 42.6 Å². The molecule has 7 nitrogen and oxygen atoms in total. The summed E-state index contributed by atoms with van der Waals surface area (Å²) in [4.78, 5) is 14.1. The summed E-state index contributed by atoms with van der Waals surface area (Å²) < 4.78 is 47.1. The van der Waals surface area contributed by atoms with Crippen LogP contribution >= 0.6 is 22.9 Å². The molecule has 162 valence electrons. The lowest BCUT2D eigenvalue weighted by atomic mass is 10.2. The zero-order valence-corrected chi connectivity index (χ0v) is 17.3. The molecule has 3 aromatic rings. The Hall–Kier alpha value is -3.05. The molecule has 31 heavy (non-hydrogen) atoms. The summed E-state index contributed by atoms with van der Waals surface area (Å²) in [7, 11) is 0. The first-order valence-corrected chi connectivity index (χ1v) is 10.2. The van der Waals surface area contributed by atoms with Gasteiger partial charge < -0.3 is 10.1 Å². The van der Waals surface area contributed by atoms with Gasteiger partial charge in [-0.15, -0.1) is 11.3 Å². The first kappa shape index (κ1) is 21.2. The van der Waals surface area contributed by atoms with Gasteiger partial charge in [0.15, 0.2) is 5.69 Å². The van der Waals surface area contributed by atoms with E-state index in [1.54, 1.807) is 35.2 Å². The summed E-state index contributed by atoms with van der Waals surface area (Å²) >= 11 is 6.83. The largest absolute Gasteiger partial charge is 0.463 e. The number of thiophene rings is 1. The van der Waals surface area contributed by atoms with Crippen LogP contribution in [0, 0.1) is 5.41 Å². The van der Waals surface area contributed by atoms with E-state index in [1.807, 2.05) is 0 Å². The van der Waals surface area contributed by atoms with Crippen molar-refractivity contribution in [2.24, 2.45) is 0 Å². The second-order valence-corrected chi connectivity index (χ2v) is 8.27. The van der Waals surface area contributed by atoms with Crippen molar-refractivity contribution >= 4 is 40.6 Å². The van der Waals surface area contributed by atoms with E-state index < -0.39 is 17.8 Å². The number of amides is 1. The van der Waals surface area contributed by atoms with Crippen LogP contribution in [0.5, 0.6) is 0 Å². The SMILES string of the molecule is N=C1OCCN1c1ccc(-n2cc(CNC(=O)c3ccc(Cl)s3)c(C(F)(F)F)n2)cc1. The summed E-state index contributed by atoms with van der Waals surface area (Å²) in [5, 5.41) is 13.9. The third-order valence-corrected chi connectivity index (χ3v) is 5.75. The van der Waals surface area contributed by atoms with E-state index in [1.165, 1.54) is 12.3 Å². The summed E-state index contributed by atoms with van der Waals surface area (Å²) in [6.07, 6.45) is -3.44. The van der Waals surface area contributed by atoms with Crippen molar-refractivity contribution < 1.29 is 22.7 Å². The molecule has 0 radical (unpaired) electrons. The van der Waals surface area contributed by atoms with Gasteiger partial charge in [0, 0.05) is 24.0 Å². The minimum absolute atomic E-state index is 0.0243. The Bertz CT molecular complexity index is 1130. The van der Waals surface area contributed by atoms with E-state index in [0.29, 0.717) is 33.7 Å². The Morgan fingerprint density at radius 1 is 1.23 bits per heavy atom. The number of amidine groups is 1. The third-order valence-electron chi connectivity index (χ3n) is 4.52. The number of hydrogen-bond donors (Lipinski definition) is 2. The van der Waals surface area contributed by atoms with E-state index in [4.69, 9.17) is 21.7 Å². The summed E-state index contributed by atoms with van der Waals surface area (Å²) in [6.45, 7) is 0.586. The Balaban J connectivity index is 1.55. The Morgan fingerprint density at radius 3 is 2.52 bits per heavy atom. The van der Waals surface area contributed by atoms with Crippen molar-refractivity contribution in [1.29, 1.82) is 5.41 Å². The number of anilines is 1. The molecule has 1 fully saturated rings. The molecule has 12 heteroatoms. The number of benzene rings is 1. The van der Waals surface area contributed by atoms with E-state index in [2.05, 4.69) is 10.4 Å². The maximum absolute atomic E-state index is 13.5. The van der Waals surface area contributed by atoms with Gasteiger partial charge in [0.05, 0.1) is 21.4 Å². The van der Waals surface area contributed by atoms with Gasteiger partial charge >= 0.3 is 6.18 Å². The van der Waals surface area contributed by atoms with Crippen molar-refractivity contribution in [1.82, 2.24) is 15.1 Å². The molecule has 1 saturated heterocycles. The van der Waals surface area contributed by atoms with Crippen LogP contribution in [0.2, 0.25) is 4.34 Å². The van der Waals surface area contributed by atoms with Crippen LogP contribution in [-0.2, 0) is 17.5 Å². The molecular weight excluding hydrogens is 455 g/mol. The molecule has 1 aliphatic rings. The average molecular weight is 470 g/mol. The minimum Gasteiger partial charge on any atom is -0.463 e. The highest BCUT2D eigenvalue weighted by molar-refractivity contribution is 7.17. The van der Waals surface area contributed by atoms with Crippen LogP contribution in [0.4, 0.5) is 18.9 Å². The van der Waals surface area contributed by atoms with E-state index in [9.17, 15) is 18.0 Å². The van der Waals surface area contributed by atoms with Gasteiger partial charge in [-0.3, -0.25) is 15.1 Å². The van der Waals surface area contributed by atoms with Crippen LogP contribution in [0.3, 0.4) is 0 Å². The molecule has 1 aliphatic heterocycles. The topological polar surface area (TPSA) is 83.2 Å². The minimum atomic E-state index is -4.68. The zero-order chi connectivity index (χ0) is 22.2. The van der Waals surface area contributed by atoms with Crippen LogP contribution in [-0.4, -0.2) is 34.9 Å². The Morgan fingerprint density at radius 2 is 1.94 bits per heavy atom. The second-order valence-electron chi connectivity index (χ2n) is 6.55. The fraction of sp³-hybridized carbons (Fsp3) is 0.211. The number of carbonyl (C=O) groups excluding carboxylic acids is 1. The predicted molar refractivity (Wildman–Crippen MR) is 110 cm³/mol. The number of hydrogen-bond acceptors (Lipinski definition) is 5. The highest BCUT2D eigenvalue weighted by Gasteiger charge is 2.37. The number of carbonyl (C=O) groups is 1. The van der Waals surface area contributed by atoms with Gasteiger partial charge in [-0.1, -0.05) is 11.6 Å². The molecule has 0 unspecified atom stereocenters. The fourth-order valence-electron chi connectivity index (χ4n) is 3.05. The number of nitrogens with zero attached hydrogens (tertiary/aromatic N) is 3. The molecular formula is C19H15ClF3N5O2S. The van der Waals surface area contributed by atoms with Gasteiger partial charge in [0.25, 0.3) is 11.9 Å². The number of rotatable bonds is 5. The molecule has 1 amide bonds. The van der Waals surface area contributed by atoms with Gasteiger partial charge in [0.1, 0.15) is 6.61 Å². The van der Waals surface area contributed by atoms with E-state index >= 15 is 0 Å². The maximum Gasteiger partial charge on any atom is 0.435 e. The monoisotopic (exact) mass is 469 g/mol. The van der Waals surface area contributed by atoms with Crippen LogP contribution < -0.4 is 10.2 Å². The molecule has 2 N–H and O–H groups in total. The van der Waals surface area contributed by atoms with Crippen molar-refractivity contribution in [3.05, 3.63) is 63.1 Å². The van der Waals surface area contributed by atoms with Crippen molar-refractivity contribution in [3.63, 3.8) is 0 Å². The van der Waals surface area contributed by atoms with Gasteiger partial charge in [-0.25, -0.2) is 4.68 Å². The molecule has 0 atom stereocenters. The smallest absolute Gasteiger partial charge is 0.435 e. The third kappa shape index (κ3) is 4.52. The normalized spacial score (nSPS) is 14.1. The standard InChI is InChI=1S/C19H15ClF3N5O2S/c20-15-6-5-14(31-15)17(29)25-9-11-10-28(26-16(11)19(21,22)23)13-3-1-12(2-4-13)27-7-8-30-18(27)24/h1-6,10,24H,7-9H2,(H,25,29). The fourth-order valence-corrected chi connectivity index (χ4v) is 4.01. The van der Waals surface area contributed by atoms with Crippen LogP contribution in [0.25, 0.3) is 5.69 Å². The van der Waals surface area contributed by atoms with Crippen molar-refractivity contribution in [2.75, 3.05) is 18.1 Å². The molecule has 2 aromatic heterocycles. The van der Waals surface area contributed by atoms with Crippen molar-refractivity contribution in [3.8, 4) is 5.69 Å². The molecule has 0 aliphatic carbocycles. The lowest BCUT2D eigenvalue weighted by molar-refractivity contribution is -0.142. The molecule has 0 saturated carbocycles.